The molecule has 36 heavy (non-hydrogen) atoms. The van der Waals surface area contributed by atoms with Crippen LogP contribution in [0.2, 0.25) is 0 Å². The number of aliphatic carboxylic acids is 1. The third-order valence-corrected chi connectivity index (χ3v) is 7.14. The Hall–Kier alpha value is -2.75. The highest BCUT2D eigenvalue weighted by atomic mass is 19.4. The van der Waals surface area contributed by atoms with Crippen LogP contribution in [0, 0.1) is 5.92 Å². The smallest absolute Gasteiger partial charge is 0.416 e. The lowest BCUT2D eigenvalue weighted by Crippen LogP contribution is -2.58. The molecule has 1 fully saturated rings. The molecule has 1 heterocycles. The van der Waals surface area contributed by atoms with Gasteiger partial charge in [-0.05, 0) is 67.1 Å². The van der Waals surface area contributed by atoms with Crippen molar-refractivity contribution in [2.75, 3.05) is 0 Å². The zero-order valence-corrected chi connectivity index (χ0v) is 19.8. The molecule has 2 aliphatic rings. The first-order valence-electron chi connectivity index (χ1n) is 11.7. The average Bonchev–Trinajstić information content (AvgIpc) is 2.76. The van der Waals surface area contributed by atoms with Crippen molar-refractivity contribution >= 4 is 5.97 Å². The van der Waals surface area contributed by atoms with Crippen LogP contribution in [0.25, 0.3) is 0 Å². The second-order valence-electron chi connectivity index (χ2n) is 9.96. The minimum Gasteiger partial charge on any atom is -0.487 e. The largest absolute Gasteiger partial charge is 0.487 e. The van der Waals surface area contributed by atoms with Crippen LogP contribution < -0.4 is 10.1 Å². The Bertz CT molecular complexity index is 1140. The summed E-state index contributed by atoms with van der Waals surface area (Å²) in [7, 11) is 0. The van der Waals surface area contributed by atoms with Gasteiger partial charge in [0.1, 0.15) is 11.4 Å². The number of alkyl halides is 6. The molecule has 1 aliphatic carbocycles. The van der Waals surface area contributed by atoms with Crippen LogP contribution in [0.15, 0.2) is 36.4 Å². The third kappa shape index (κ3) is 5.48. The molecule has 4 rings (SSSR count). The van der Waals surface area contributed by atoms with Crippen LogP contribution in [0.3, 0.4) is 0 Å². The topological polar surface area (TPSA) is 58.6 Å². The first-order valence-corrected chi connectivity index (χ1v) is 11.7. The number of rotatable bonds is 6. The van der Waals surface area contributed by atoms with Gasteiger partial charge in [-0.1, -0.05) is 19.1 Å². The Morgan fingerprint density at radius 1 is 1.08 bits per heavy atom. The summed E-state index contributed by atoms with van der Waals surface area (Å²) in [4.78, 5) is 11.2. The van der Waals surface area contributed by atoms with E-state index in [2.05, 4.69) is 5.32 Å². The summed E-state index contributed by atoms with van der Waals surface area (Å²) in [5.74, 6) is -0.751. The van der Waals surface area contributed by atoms with E-state index in [0.717, 1.165) is 24.0 Å². The summed E-state index contributed by atoms with van der Waals surface area (Å²) in [6.45, 7) is 3.06. The Balaban J connectivity index is 1.45. The maximum absolute atomic E-state index is 13.5. The van der Waals surface area contributed by atoms with Crippen LogP contribution in [0.1, 0.15) is 67.0 Å². The van der Waals surface area contributed by atoms with E-state index in [9.17, 15) is 31.1 Å². The number of hydrogen-bond donors (Lipinski definition) is 2. The fourth-order valence-corrected chi connectivity index (χ4v) is 5.16. The molecule has 0 bridgehead atoms. The third-order valence-electron chi connectivity index (χ3n) is 7.14. The summed E-state index contributed by atoms with van der Waals surface area (Å²) < 4.78 is 86.2. The van der Waals surface area contributed by atoms with Crippen molar-refractivity contribution in [3.8, 4) is 5.75 Å². The molecule has 1 spiro atoms. The highest BCUT2D eigenvalue weighted by Crippen LogP contribution is 2.46. The van der Waals surface area contributed by atoms with E-state index < -0.39 is 52.6 Å². The summed E-state index contributed by atoms with van der Waals surface area (Å²) in [5, 5.41) is 12.2. The van der Waals surface area contributed by atoms with Crippen LogP contribution in [-0.4, -0.2) is 22.7 Å². The molecule has 2 aromatic carbocycles. The minimum atomic E-state index is -4.78. The van der Waals surface area contributed by atoms with Crippen molar-refractivity contribution in [3.63, 3.8) is 0 Å². The number of carbonyl (C=O) groups is 1. The average molecular weight is 515 g/mol. The molecule has 2 atom stereocenters. The zero-order valence-electron chi connectivity index (χ0n) is 19.8. The highest BCUT2D eigenvalue weighted by molar-refractivity contribution is 5.70. The summed E-state index contributed by atoms with van der Waals surface area (Å²) in [5.41, 5.74) is -1.30. The van der Waals surface area contributed by atoms with Gasteiger partial charge in [-0.25, -0.2) is 0 Å². The molecule has 2 N–H and O–H groups in total. The number of halogens is 6. The Morgan fingerprint density at radius 3 is 2.39 bits per heavy atom. The van der Waals surface area contributed by atoms with Crippen molar-refractivity contribution in [1.82, 2.24) is 5.32 Å². The van der Waals surface area contributed by atoms with Gasteiger partial charge in [-0.2, -0.15) is 26.3 Å². The van der Waals surface area contributed by atoms with Gasteiger partial charge in [0.05, 0.1) is 17.0 Å². The molecular weight excluding hydrogens is 488 g/mol. The van der Waals surface area contributed by atoms with Crippen LogP contribution >= 0.6 is 0 Å². The maximum atomic E-state index is 13.5. The number of ether oxygens (including phenoxy) is 1. The number of hydrogen-bond acceptors (Lipinski definition) is 3. The first-order chi connectivity index (χ1) is 16.7. The fourth-order valence-electron chi connectivity index (χ4n) is 5.16. The molecule has 0 aromatic heterocycles. The van der Waals surface area contributed by atoms with Crippen molar-refractivity contribution in [3.05, 3.63) is 64.2 Å². The monoisotopic (exact) mass is 515 g/mol. The normalized spacial score (nSPS) is 23.4. The second kappa shape index (κ2) is 9.28. The molecule has 0 radical (unpaired) electrons. The van der Waals surface area contributed by atoms with Gasteiger partial charge < -0.3 is 15.2 Å². The minimum absolute atomic E-state index is 0.215. The Morgan fingerprint density at radius 2 is 1.78 bits per heavy atom. The number of aryl methyl sites for hydroxylation is 1. The van der Waals surface area contributed by atoms with E-state index in [1.165, 1.54) is 6.92 Å². The van der Waals surface area contributed by atoms with Crippen molar-refractivity contribution < 1.29 is 41.0 Å². The van der Waals surface area contributed by atoms with Crippen molar-refractivity contribution in [2.24, 2.45) is 5.92 Å². The molecule has 4 nitrogen and oxygen atoms in total. The van der Waals surface area contributed by atoms with Gasteiger partial charge in [0.15, 0.2) is 0 Å². The number of carboxylic acid groups (broad SMARTS) is 1. The predicted octanol–water partition coefficient (Wildman–Crippen LogP) is 6.56. The van der Waals surface area contributed by atoms with Gasteiger partial charge in [0.25, 0.3) is 0 Å². The predicted molar refractivity (Wildman–Crippen MR) is 120 cm³/mol. The Kier molecular flexibility index (Phi) is 6.79. The van der Waals surface area contributed by atoms with Gasteiger partial charge in [-0.3, -0.25) is 4.79 Å². The molecular formula is C26H27F6NO3. The van der Waals surface area contributed by atoms with E-state index in [0.29, 0.717) is 43.2 Å². The molecule has 10 heteroatoms. The second-order valence-corrected chi connectivity index (χ2v) is 9.96. The van der Waals surface area contributed by atoms with Crippen LogP contribution in [0.4, 0.5) is 26.3 Å². The van der Waals surface area contributed by atoms with E-state index in [-0.39, 0.29) is 6.04 Å². The fraction of sp³-hybridized carbons (Fsp3) is 0.500. The van der Waals surface area contributed by atoms with Crippen molar-refractivity contribution in [2.45, 2.75) is 76.0 Å². The molecule has 1 saturated carbocycles. The summed E-state index contributed by atoms with van der Waals surface area (Å²) >= 11 is 0. The lowest BCUT2D eigenvalue weighted by atomic mass is 9.70. The lowest BCUT2D eigenvalue weighted by molar-refractivity contribution is -0.142. The van der Waals surface area contributed by atoms with E-state index in [4.69, 9.17) is 9.84 Å². The van der Waals surface area contributed by atoms with Crippen molar-refractivity contribution in [1.29, 1.82) is 0 Å². The zero-order chi connectivity index (χ0) is 26.5. The summed E-state index contributed by atoms with van der Waals surface area (Å²) in [6, 6.07) is 6.01. The Labute approximate surface area is 204 Å². The number of carboxylic acids is 1. The maximum Gasteiger partial charge on any atom is 0.416 e. The quantitative estimate of drug-likeness (QED) is 0.428. The molecule has 196 valence electrons. The van der Waals surface area contributed by atoms with Gasteiger partial charge in [-0.15, -0.1) is 0 Å². The standard InChI is InChI=1S/C26H27F6NO3/c1-14(23(34)35)9-16-3-4-17-7-8-24(36-22(17)10-16)12-19(13-24)33-15(2)20-11-18(25(27,28)29)5-6-21(20)26(30,31)32/h3-6,10-11,14-15,19,33H,7-9,12-13H2,1-2H3,(H,34,35). The molecule has 0 saturated heterocycles. The molecule has 0 amide bonds. The SMILES string of the molecule is CC(Cc1ccc2c(c1)OC1(CC2)CC(NC(C)c2cc(C(F)(F)F)ccc2C(F)(F)F)C1)C(=O)O. The van der Waals surface area contributed by atoms with Gasteiger partial charge in [0.2, 0.25) is 0 Å². The molecule has 1 aliphatic heterocycles. The summed E-state index contributed by atoms with van der Waals surface area (Å²) in [6.07, 6.45) is -6.68. The van der Waals surface area contributed by atoms with E-state index in [1.807, 2.05) is 18.2 Å². The number of benzene rings is 2. The lowest BCUT2D eigenvalue weighted by Gasteiger charge is -2.51. The molecule has 2 aromatic rings. The van der Waals surface area contributed by atoms with Crippen LogP contribution in [-0.2, 0) is 30.0 Å². The molecule has 2 unspecified atom stereocenters. The van der Waals surface area contributed by atoms with E-state index in [1.54, 1.807) is 6.92 Å². The van der Waals surface area contributed by atoms with E-state index >= 15 is 0 Å². The number of fused-ring (bicyclic) bond motifs is 1. The highest BCUT2D eigenvalue weighted by Gasteiger charge is 2.49. The first kappa shape index (κ1) is 26.3. The number of nitrogens with one attached hydrogen (secondary N) is 1. The van der Waals surface area contributed by atoms with Crippen LogP contribution in [0.5, 0.6) is 5.75 Å². The van der Waals surface area contributed by atoms with Gasteiger partial charge in [0, 0.05) is 24.9 Å². The van der Waals surface area contributed by atoms with Gasteiger partial charge >= 0.3 is 18.3 Å².